The van der Waals surface area contributed by atoms with E-state index in [-0.39, 0.29) is 17.7 Å². The van der Waals surface area contributed by atoms with Gasteiger partial charge in [-0.25, -0.2) is 9.87 Å². The van der Waals surface area contributed by atoms with Crippen LogP contribution in [0.25, 0.3) is 0 Å². The smallest absolute Gasteiger partial charge is 0.278 e. The fourth-order valence-electron chi connectivity index (χ4n) is 3.05. The molecule has 1 aliphatic heterocycles. The number of rotatable bonds is 8. The zero-order valence-electron chi connectivity index (χ0n) is 16.2. The van der Waals surface area contributed by atoms with Crippen molar-refractivity contribution in [2.75, 3.05) is 13.1 Å². The molecule has 1 heterocycles. The van der Waals surface area contributed by atoms with Crippen LogP contribution in [0.3, 0.4) is 0 Å². The minimum absolute atomic E-state index is 0.0873. The van der Waals surface area contributed by atoms with Gasteiger partial charge in [0.25, 0.3) is 5.91 Å². The number of halogens is 1. The topological polar surface area (TPSA) is 98.7 Å². The number of carbonyl (C=O) groups is 3. The van der Waals surface area contributed by atoms with Crippen LogP contribution in [0.4, 0.5) is 4.39 Å². The summed E-state index contributed by atoms with van der Waals surface area (Å²) in [6, 6.07) is -0.640. The zero-order chi connectivity index (χ0) is 19.9. The molecule has 26 heavy (non-hydrogen) atoms. The molecule has 0 aromatic carbocycles. The second-order valence-corrected chi connectivity index (χ2v) is 8.09. The number of hydroxylamine groups is 1. The van der Waals surface area contributed by atoms with Gasteiger partial charge in [0.05, 0.1) is 5.92 Å². The van der Waals surface area contributed by atoms with Gasteiger partial charge < -0.3 is 10.2 Å². The lowest BCUT2D eigenvalue weighted by Gasteiger charge is -2.30. The highest BCUT2D eigenvalue weighted by Gasteiger charge is 2.41. The minimum Gasteiger partial charge on any atom is -0.354 e. The average Bonchev–Trinajstić information content (AvgIpc) is 3.07. The second kappa shape index (κ2) is 9.85. The highest BCUT2D eigenvalue weighted by atomic mass is 19.1. The molecule has 150 valence electrons. The van der Waals surface area contributed by atoms with E-state index >= 15 is 0 Å². The van der Waals surface area contributed by atoms with Crippen molar-refractivity contribution >= 4 is 17.7 Å². The van der Waals surface area contributed by atoms with Crippen molar-refractivity contribution in [1.29, 1.82) is 0 Å². The first-order chi connectivity index (χ1) is 12.1. The summed E-state index contributed by atoms with van der Waals surface area (Å²) in [6.07, 6.45) is 0.542. The predicted molar refractivity (Wildman–Crippen MR) is 95.0 cm³/mol. The lowest BCUT2D eigenvalue weighted by Crippen LogP contribution is -2.51. The summed E-state index contributed by atoms with van der Waals surface area (Å²) >= 11 is 0. The van der Waals surface area contributed by atoms with E-state index in [2.05, 4.69) is 5.32 Å². The number of hydrogen-bond acceptors (Lipinski definition) is 4. The normalized spacial score (nSPS) is 19.8. The Morgan fingerprint density at radius 3 is 2.50 bits per heavy atom. The number of amides is 3. The first kappa shape index (κ1) is 22.3. The van der Waals surface area contributed by atoms with Crippen molar-refractivity contribution in [1.82, 2.24) is 15.7 Å². The molecule has 3 amide bonds. The Labute approximate surface area is 154 Å². The van der Waals surface area contributed by atoms with Crippen LogP contribution >= 0.6 is 0 Å². The third-order valence-electron chi connectivity index (χ3n) is 4.53. The van der Waals surface area contributed by atoms with Gasteiger partial charge in [-0.05, 0) is 24.7 Å². The lowest BCUT2D eigenvalue weighted by molar-refractivity contribution is -0.149. The molecule has 8 heteroatoms. The fourth-order valence-corrected chi connectivity index (χ4v) is 3.05. The van der Waals surface area contributed by atoms with E-state index < -0.39 is 29.9 Å². The molecule has 0 aromatic rings. The van der Waals surface area contributed by atoms with Crippen LogP contribution < -0.4 is 10.8 Å². The van der Waals surface area contributed by atoms with E-state index in [1.54, 1.807) is 0 Å². The SMILES string of the molecule is CCCCC(C(=O)N1CCC[C@H]1C(=O)NCC(C)(C)C)C(F)C(=O)NO. The maximum atomic E-state index is 14.4. The summed E-state index contributed by atoms with van der Waals surface area (Å²) in [5.41, 5.74) is 1.19. The van der Waals surface area contributed by atoms with Crippen molar-refractivity contribution in [2.24, 2.45) is 11.3 Å². The largest absolute Gasteiger partial charge is 0.354 e. The Morgan fingerprint density at radius 1 is 1.31 bits per heavy atom. The summed E-state index contributed by atoms with van der Waals surface area (Å²) in [6.45, 7) is 8.72. The van der Waals surface area contributed by atoms with Crippen LogP contribution in [0.15, 0.2) is 0 Å². The first-order valence-electron chi connectivity index (χ1n) is 9.28. The summed E-state index contributed by atoms with van der Waals surface area (Å²) in [4.78, 5) is 38.2. The molecule has 1 saturated heterocycles. The van der Waals surface area contributed by atoms with Crippen LogP contribution in [0, 0.1) is 11.3 Å². The highest BCUT2D eigenvalue weighted by Crippen LogP contribution is 2.26. The molecule has 7 nitrogen and oxygen atoms in total. The van der Waals surface area contributed by atoms with Gasteiger partial charge in [-0.2, -0.15) is 0 Å². The molecule has 0 spiro atoms. The average molecular weight is 373 g/mol. The van der Waals surface area contributed by atoms with E-state index in [0.717, 1.165) is 6.42 Å². The molecule has 0 saturated carbocycles. The standard InChI is InChI=1S/C18H32FN3O4/c1-5-6-8-12(14(19)16(24)21-26)17(25)22-10-7-9-13(22)15(23)20-11-18(2,3)4/h12-14,26H,5-11H2,1-4H3,(H,20,23)(H,21,24)/t12?,13-,14?/m0/s1. The number of nitrogens with one attached hydrogen (secondary N) is 2. The number of nitrogens with zero attached hydrogens (tertiary/aromatic N) is 1. The number of carbonyl (C=O) groups excluding carboxylic acids is 3. The third-order valence-corrected chi connectivity index (χ3v) is 4.53. The second-order valence-electron chi connectivity index (χ2n) is 8.09. The van der Waals surface area contributed by atoms with E-state index in [9.17, 15) is 18.8 Å². The van der Waals surface area contributed by atoms with Gasteiger partial charge in [0.2, 0.25) is 11.8 Å². The van der Waals surface area contributed by atoms with Crippen LogP contribution in [0.1, 0.15) is 59.8 Å². The molecule has 2 unspecified atom stereocenters. The lowest BCUT2D eigenvalue weighted by atomic mass is 9.94. The van der Waals surface area contributed by atoms with Crippen LogP contribution in [-0.4, -0.2) is 53.1 Å². The summed E-state index contributed by atoms with van der Waals surface area (Å²) < 4.78 is 14.4. The van der Waals surface area contributed by atoms with Crippen molar-refractivity contribution in [3.8, 4) is 0 Å². The van der Waals surface area contributed by atoms with Gasteiger partial charge >= 0.3 is 0 Å². The monoisotopic (exact) mass is 373 g/mol. The van der Waals surface area contributed by atoms with Gasteiger partial charge in [-0.3, -0.25) is 19.6 Å². The Bertz CT molecular complexity index is 507. The van der Waals surface area contributed by atoms with E-state index in [1.165, 1.54) is 10.4 Å². The van der Waals surface area contributed by atoms with Gasteiger partial charge in [0.1, 0.15) is 6.04 Å². The molecule has 0 radical (unpaired) electrons. The molecule has 0 aromatic heterocycles. The Kier molecular flexibility index (Phi) is 8.46. The zero-order valence-corrected chi connectivity index (χ0v) is 16.2. The van der Waals surface area contributed by atoms with Crippen molar-refractivity contribution < 1.29 is 24.0 Å². The van der Waals surface area contributed by atoms with Crippen molar-refractivity contribution in [3.63, 3.8) is 0 Å². The number of hydrogen-bond donors (Lipinski definition) is 3. The molecular weight excluding hydrogens is 341 g/mol. The molecule has 0 bridgehead atoms. The van der Waals surface area contributed by atoms with Gasteiger partial charge in [-0.15, -0.1) is 0 Å². The molecule has 1 rings (SSSR count). The Hall–Kier alpha value is -1.70. The van der Waals surface area contributed by atoms with E-state index in [4.69, 9.17) is 5.21 Å². The predicted octanol–water partition coefficient (Wildman–Crippen LogP) is 1.79. The van der Waals surface area contributed by atoms with Gasteiger partial charge in [0.15, 0.2) is 6.17 Å². The van der Waals surface area contributed by atoms with Gasteiger partial charge in [0, 0.05) is 13.1 Å². The maximum absolute atomic E-state index is 14.4. The molecule has 3 N–H and O–H groups in total. The number of alkyl halides is 1. The van der Waals surface area contributed by atoms with Crippen LogP contribution in [-0.2, 0) is 14.4 Å². The minimum atomic E-state index is -2.14. The molecular formula is C18H32FN3O4. The quantitative estimate of drug-likeness (QED) is 0.446. The van der Waals surface area contributed by atoms with Crippen LogP contribution in [0.5, 0.6) is 0 Å². The highest BCUT2D eigenvalue weighted by molar-refractivity contribution is 5.92. The van der Waals surface area contributed by atoms with Crippen molar-refractivity contribution in [3.05, 3.63) is 0 Å². The van der Waals surface area contributed by atoms with E-state index in [1.807, 2.05) is 27.7 Å². The van der Waals surface area contributed by atoms with E-state index in [0.29, 0.717) is 32.4 Å². The van der Waals surface area contributed by atoms with Gasteiger partial charge in [-0.1, -0.05) is 40.5 Å². The molecule has 1 aliphatic rings. The number of unbranched alkanes of at least 4 members (excludes halogenated alkanes) is 1. The molecule has 0 aliphatic carbocycles. The van der Waals surface area contributed by atoms with Crippen LogP contribution in [0.2, 0.25) is 0 Å². The Balaban J connectivity index is 2.87. The molecule has 1 fully saturated rings. The third kappa shape index (κ3) is 6.23. The number of likely N-dealkylation sites (tertiary alicyclic amines) is 1. The Morgan fingerprint density at radius 2 is 1.96 bits per heavy atom. The van der Waals surface area contributed by atoms with Crippen molar-refractivity contribution in [2.45, 2.75) is 72.0 Å². The summed E-state index contributed by atoms with van der Waals surface area (Å²) in [7, 11) is 0. The summed E-state index contributed by atoms with van der Waals surface area (Å²) in [5.74, 6) is -3.21. The first-order valence-corrected chi connectivity index (χ1v) is 9.28. The summed E-state index contributed by atoms with van der Waals surface area (Å²) in [5, 5.41) is 11.5. The molecule has 3 atom stereocenters. The maximum Gasteiger partial charge on any atom is 0.278 e. The fraction of sp³-hybridized carbons (Fsp3) is 0.833.